The minimum Gasteiger partial charge on any atom is -0.490 e. The second-order valence-corrected chi connectivity index (χ2v) is 11.2. The van der Waals surface area contributed by atoms with E-state index >= 15 is 0 Å². The molecule has 1 aliphatic rings. The number of hydrogen-bond donors (Lipinski definition) is 0. The van der Waals surface area contributed by atoms with Gasteiger partial charge in [-0.3, -0.25) is 4.98 Å². The van der Waals surface area contributed by atoms with Crippen molar-refractivity contribution in [1.29, 1.82) is 0 Å². The van der Waals surface area contributed by atoms with Crippen molar-refractivity contribution in [2.45, 2.75) is 39.3 Å². The average molecular weight is 535 g/mol. The first-order valence-corrected chi connectivity index (χ1v) is 13.5. The molecule has 4 aromatic rings. The molecule has 0 radical (unpaired) electrons. The molecule has 0 atom stereocenters. The van der Waals surface area contributed by atoms with E-state index in [-0.39, 0.29) is 11.9 Å². The van der Waals surface area contributed by atoms with Crippen molar-refractivity contribution in [3.05, 3.63) is 71.0 Å². The summed E-state index contributed by atoms with van der Waals surface area (Å²) in [5, 5.41) is 3.08. The predicted octanol–water partition coefficient (Wildman–Crippen LogP) is 7.09. The standard InChI is InChI=1S/C30H31FN2O4S/c1-30(2,3)37-29(34)33-11-9-19-15-20(5-6-21(19)18-33)27-24-10-14-38-28(24)25(17-32-27)23-8-7-22(31)16-26(23)36-13-12-35-4/h5-8,10,14-17H,9,11-13,18H2,1-4H3. The molecule has 0 N–H and O–H groups in total. The largest absolute Gasteiger partial charge is 0.490 e. The molecule has 5 rings (SSSR count). The van der Waals surface area contributed by atoms with E-state index in [2.05, 4.69) is 24.3 Å². The van der Waals surface area contributed by atoms with Crippen LogP contribution in [0.3, 0.4) is 0 Å². The van der Waals surface area contributed by atoms with Gasteiger partial charge in [-0.15, -0.1) is 11.3 Å². The molecule has 1 amide bonds. The number of aromatic nitrogens is 1. The number of carbonyl (C=O) groups is 1. The Kier molecular flexibility index (Phi) is 7.36. The van der Waals surface area contributed by atoms with Crippen LogP contribution in [0.5, 0.6) is 5.75 Å². The van der Waals surface area contributed by atoms with E-state index < -0.39 is 5.60 Å². The van der Waals surface area contributed by atoms with Gasteiger partial charge in [0.1, 0.15) is 23.8 Å². The van der Waals surface area contributed by atoms with Crippen LogP contribution in [0.2, 0.25) is 0 Å². The number of carbonyl (C=O) groups excluding carboxylic acids is 1. The summed E-state index contributed by atoms with van der Waals surface area (Å²) in [6, 6.07) is 13.0. The fourth-order valence-electron chi connectivity index (χ4n) is 4.64. The van der Waals surface area contributed by atoms with Gasteiger partial charge in [-0.2, -0.15) is 0 Å². The van der Waals surface area contributed by atoms with E-state index in [9.17, 15) is 9.18 Å². The Hall–Kier alpha value is -3.49. The summed E-state index contributed by atoms with van der Waals surface area (Å²) >= 11 is 1.62. The topological polar surface area (TPSA) is 60.9 Å². The summed E-state index contributed by atoms with van der Waals surface area (Å²) in [5.74, 6) is 0.113. The molecule has 1 aliphatic heterocycles. The number of methoxy groups -OCH3 is 1. The van der Waals surface area contributed by atoms with E-state index in [0.29, 0.717) is 32.1 Å². The van der Waals surface area contributed by atoms with Crippen LogP contribution in [0.25, 0.3) is 32.5 Å². The van der Waals surface area contributed by atoms with Gasteiger partial charge in [-0.25, -0.2) is 9.18 Å². The summed E-state index contributed by atoms with van der Waals surface area (Å²) < 4.78 is 31.6. The maximum Gasteiger partial charge on any atom is 0.410 e. The Bertz CT molecular complexity index is 1480. The number of rotatable bonds is 6. The van der Waals surface area contributed by atoms with Crippen molar-refractivity contribution in [2.24, 2.45) is 0 Å². The number of amides is 1. The van der Waals surface area contributed by atoms with Crippen LogP contribution < -0.4 is 4.74 Å². The van der Waals surface area contributed by atoms with Crippen molar-refractivity contribution in [3.8, 4) is 28.1 Å². The van der Waals surface area contributed by atoms with E-state index in [1.807, 2.05) is 32.3 Å². The highest BCUT2D eigenvalue weighted by Gasteiger charge is 2.26. The van der Waals surface area contributed by atoms with E-state index in [1.54, 1.807) is 29.4 Å². The molecule has 198 valence electrons. The van der Waals surface area contributed by atoms with Gasteiger partial charge < -0.3 is 19.1 Å². The third kappa shape index (κ3) is 5.51. The molecular formula is C30H31FN2O4S. The van der Waals surface area contributed by atoms with E-state index in [1.165, 1.54) is 17.7 Å². The number of benzene rings is 2. The molecule has 0 saturated carbocycles. The van der Waals surface area contributed by atoms with Gasteiger partial charge in [0.15, 0.2) is 0 Å². The van der Waals surface area contributed by atoms with E-state index in [0.717, 1.165) is 44.5 Å². The Balaban J connectivity index is 1.45. The minimum absolute atomic E-state index is 0.282. The number of hydrogen-bond acceptors (Lipinski definition) is 6. The molecule has 3 heterocycles. The monoisotopic (exact) mass is 534 g/mol. The maximum absolute atomic E-state index is 14.0. The van der Waals surface area contributed by atoms with Crippen LogP contribution in [-0.2, 0) is 22.4 Å². The van der Waals surface area contributed by atoms with Crippen molar-refractivity contribution in [1.82, 2.24) is 9.88 Å². The number of halogens is 1. The van der Waals surface area contributed by atoms with Crippen molar-refractivity contribution >= 4 is 27.5 Å². The van der Waals surface area contributed by atoms with Crippen molar-refractivity contribution < 1.29 is 23.4 Å². The van der Waals surface area contributed by atoms with Gasteiger partial charge >= 0.3 is 6.09 Å². The van der Waals surface area contributed by atoms with Crippen LogP contribution in [0.1, 0.15) is 31.9 Å². The molecule has 0 fully saturated rings. The molecule has 2 aromatic carbocycles. The molecule has 8 heteroatoms. The molecule has 2 aromatic heterocycles. The Labute approximate surface area is 226 Å². The highest BCUT2D eigenvalue weighted by Crippen LogP contribution is 2.41. The lowest BCUT2D eigenvalue weighted by atomic mass is 9.95. The Morgan fingerprint density at radius 3 is 2.71 bits per heavy atom. The first-order chi connectivity index (χ1) is 18.2. The molecule has 6 nitrogen and oxygen atoms in total. The molecule has 0 unspecified atom stereocenters. The molecule has 38 heavy (non-hydrogen) atoms. The maximum atomic E-state index is 14.0. The van der Waals surface area contributed by atoms with Crippen LogP contribution in [-0.4, -0.2) is 48.4 Å². The minimum atomic E-state index is -0.518. The van der Waals surface area contributed by atoms with Crippen LogP contribution >= 0.6 is 11.3 Å². The third-order valence-corrected chi connectivity index (χ3v) is 7.36. The number of thiophene rings is 1. The number of ether oxygens (including phenoxy) is 3. The third-order valence-electron chi connectivity index (χ3n) is 6.41. The van der Waals surface area contributed by atoms with Gasteiger partial charge in [-0.1, -0.05) is 12.1 Å². The lowest BCUT2D eigenvalue weighted by Gasteiger charge is -2.31. The molecule has 0 bridgehead atoms. The van der Waals surface area contributed by atoms with Gasteiger partial charge in [0.05, 0.1) is 12.3 Å². The zero-order valence-electron chi connectivity index (χ0n) is 22.0. The summed E-state index contributed by atoms with van der Waals surface area (Å²) in [4.78, 5) is 19.2. The van der Waals surface area contributed by atoms with Crippen molar-refractivity contribution in [2.75, 3.05) is 26.9 Å². The average Bonchev–Trinajstić information content (AvgIpc) is 3.37. The SMILES string of the molecule is COCCOc1cc(F)ccc1-c1cnc(-c2ccc3c(c2)CCN(C(=O)OC(C)(C)C)C3)c2ccsc12. The summed E-state index contributed by atoms with van der Waals surface area (Å²) in [7, 11) is 1.60. The summed E-state index contributed by atoms with van der Waals surface area (Å²) in [5.41, 5.74) is 5.43. The zero-order valence-corrected chi connectivity index (χ0v) is 22.9. The predicted molar refractivity (Wildman–Crippen MR) is 148 cm³/mol. The first-order valence-electron chi connectivity index (χ1n) is 12.6. The quantitative estimate of drug-likeness (QED) is 0.247. The lowest BCUT2D eigenvalue weighted by Crippen LogP contribution is -2.39. The summed E-state index contributed by atoms with van der Waals surface area (Å²) in [6.07, 6.45) is 2.31. The normalized spacial score (nSPS) is 13.4. The number of pyridine rings is 1. The highest BCUT2D eigenvalue weighted by molar-refractivity contribution is 7.17. The second kappa shape index (κ2) is 10.7. The van der Waals surface area contributed by atoms with Crippen molar-refractivity contribution in [3.63, 3.8) is 0 Å². The molecule has 0 saturated heterocycles. The van der Waals surface area contributed by atoms with Gasteiger partial charge in [-0.05, 0) is 68.0 Å². The highest BCUT2D eigenvalue weighted by atomic mass is 32.1. The second-order valence-electron chi connectivity index (χ2n) is 10.3. The zero-order chi connectivity index (χ0) is 26.9. The molecular weight excluding hydrogens is 503 g/mol. The fourth-order valence-corrected chi connectivity index (χ4v) is 5.56. The Morgan fingerprint density at radius 1 is 1.08 bits per heavy atom. The van der Waals surface area contributed by atoms with Gasteiger partial charge in [0.2, 0.25) is 0 Å². The van der Waals surface area contributed by atoms with Crippen LogP contribution in [0, 0.1) is 5.82 Å². The molecule has 0 aliphatic carbocycles. The summed E-state index contributed by atoms with van der Waals surface area (Å²) in [6.45, 7) is 7.52. The number of fused-ring (bicyclic) bond motifs is 2. The fraction of sp³-hybridized carbons (Fsp3) is 0.333. The van der Waals surface area contributed by atoms with Gasteiger partial charge in [0.25, 0.3) is 0 Å². The van der Waals surface area contributed by atoms with Crippen LogP contribution in [0.4, 0.5) is 9.18 Å². The smallest absolute Gasteiger partial charge is 0.410 e. The first kappa shape index (κ1) is 26.1. The van der Waals surface area contributed by atoms with Crippen LogP contribution in [0.15, 0.2) is 54.0 Å². The number of nitrogens with zero attached hydrogens (tertiary/aromatic N) is 2. The molecule has 0 spiro atoms. The van der Waals surface area contributed by atoms with E-state index in [4.69, 9.17) is 19.2 Å². The Morgan fingerprint density at radius 2 is 1.92 bits per heavy atom. The van der Waals surface area contributed by atoms with Gasteiger partial charge in [0, 0.05) is 59.2 Å². The lowest BCUT2D eigenvalue weighted by molar-refractivity contribution is 0.0224.